The highest BCUT2D eigenvalue weighted by molar-refractivity contribution is 7.79. The van der Waals surface area contributed by atoms with Gasteiger partial charge in [0.2, 0.25) is 0 Å². The van der Waals surface area contributed by atoms with E-state index in [1.165, 1.54) is 6.07 Å². The van der Waals surface area contributed by atoms with Crippen LogP contribution in [0.2, 0.25) is 0 Å². The predicted octanol–water partition coefficient (Wildman–Crippen LogP) is -0.271. The molecule has 0 spiro atoms. The first-order valence-corrected chi connectivity index (χ1v) is 5.87. The Bertz CT molecular complexity index is 366. The van der Waals surface area contributed by atoms with Crippen LogP contribution in [0, 0.1) is 0 Å². The molecule has 0 bridgehead atoms. The molecule has 0 aliphatic carbocycles. The molecule has 1 aromatic heterocycles. The molecule has 0 amide bonds. The summed E-state index contributed by atoms with van der Waals surface area (Å²) in [7, 11) is 0. The number of piperazine rings is 1. The van der Waals surface area contributed by atoms with Crippen LogP contribution in [0.1, 0.15) is 0 Å². The molecule has 1 aliphatic rings. The SMILES string of the molecule is O=S([O-])c1cccc(N2CCNCC2)n1. The maximum absolute atomic E-state index is 10.7. The van der Waals surface area contributed by atoms with E-state index < -0.39 is 11.1 Å². The van der Waals surface area contributed by atoms with Gasteiger partial charge in [-0.3, -0.25) is 4.21 Å². The predicted molar refractivity (Wildman–Crippen MR) is 56.5 cm³/mol. The van der Waals surface area contributed by atoms with E-state index in [1.54, 1.807) is 6.07 Å². The second-order valence-electron chi connectivity index (χ2n) is 3.31. The van der Waals surface area contributed by atoms with E-state index in [1.807, 2.05) is 6.07 Å². The fourth-order valence-corrected chi connectivity index (χ4v) is 1.92. The summed E-state index contributed by atoms with van der Waals surface area (Å²) in [6.45, 7) is 3.54. The van der Waals surface area contributed by atoms with E-state index in [9.17, 15) is 8.76 Å². The molecule has 1 atom stereocenters. The van der Waals surface area contributed by atoms with E-state index in [-0.39, 0.29) is 5.03 Å². The van der Waals surface area contributed by atoms with Gasteiger partial charge in [-0.1, -0.05) is 6.07 Å². The largest absolute Gasteiger partial charge is 0.767 e. The second-order valence-corrected chi connectivity index (χ2v) is 4.19. The molecule has 6 heteroatoms. The quantitative estimate of drug-likeness (QED) is 0.703. The Morgan fingerprint density at radius 3 is 2.80 bits per heavy atom. The van der Waals surface area contributed by atoms with Gasteiger partial charge in [0.25, 0.3) is 0 Å². The highest BCUT2D eigenvalue weighted by Gasteiger charge is 2.11. The summed E-state index contributed by atoms with van der Waals surface area (Å²) in [6.07, 6.45) is 0. The molecule has 0 radical (unpaired) electrons. The molecule has 5 nitrogen and oxygen atoms in total. The van der Waals surface area contributed by atoms with Crippen molar-refractivity contribution in [3.8, 4) is 0 Å². The van der Waals surface area contributed by atoms with Crippen LogP contribution in [0.25, 0.3) is 0 Å². The first-order chi connectivity index (χ1) is 7.27. The molecule has 1 unspecified atom stereocenters. The molecule has 1 saturated heterocycles. The van der Waals surface area contributed by atoms with Crippen LogP contribution >= 0.6 is 0 Å². The van der Waals surface area contributed by atoms with Gasteiger partial charge in [0.15, 0.2) is 0 Å². The van der Waals surface area contributed by atoms with Crippen LogP contribution in [0.3, 0.4) is 0 Å². The Kier molecular flexibility index (Phi) is 3.30. The molecule has 1 aromatic rings. The summed E-state index contributed by atoms with van der Waals surface area (Å²) < 4.78 is 21.5. The van der Waals surface area contributed by atoms with Gasteiger partial charge in [-0.15, -0.1) is 0 Å². The van der Waals surface area contributed by atoms with E-state index in [4.69, 9.17) is 0 Å². The molecule has 2 heterocycles. The maximum atomic E-state index is 10.7. The molecule has 82 valence electrons. The minimum Gasteiger partial charge on any atom is -0.767 e. The van der Waals surface area contributed by atoms with Crippen LogP contribution in [-0.2, 0) is 11.1 Å². The molecule has 0 saturated carbocycles. The summed E-state index contributed by atoms with van der Waals surface area (Å²) in [5.41, 5.74) is 0. The minimum atomic E-state index is -2.25. The topological polar surface area (TPSA) is 68.3 Å². The van der Waals surface area contributed by atoms with Crippen LogP contribution in [-0.4, -0.2) is 39.9 Å². The number of aromatic nitrogens is 1. The lowest BCUT2D eigenvalue weighted by Crippen LogP contribution is -2.43. The van der Waals surface area contributed by atoms with Crippen LogP contribution in [0.5, 0.6) is 0 Å². The maximum Gasteiger partial charge on any atom is 0.129 e. The normalized spacial score (nSPS) is 18.9. The summed E-state index contributed by atoms with van der Waals surface area (Å²) in [4.78, 5) is 6.16. The zero-order chi connectivity index (χ0) is 10.7. The molecule has 1 aliphatic heterocycles. The first kappa shape index (κ1) is 10.5. The number of nitrogens with one attached hydrogen (secondary N) is 1. The van der Waals surface area contributed by atoms with E-state index in [0.29, 0.717) is 0 Å². The van der Waals surface area contributed by atoms with Crippen molar-refractivity contribution in [2.75, 3.05) is 31.1 Å². The Morgan fingerprint density at radius 2 is 2.13 bits per heavy atom. The minimum absolute atomic E-state index is 0.103. The molecule has 1 fully saturated rings. The van der Waals surface area contributed by atoms with Gasteiger partial charge in [0.1, 0.15) is 10.8 Å². The highest BCUT2D eigenvalue weighted by Crippen LogP contribution is 2.13. The average Bonchev–Trinajstić information content (AvgIpc) is 2.30. The third-order valence-electron chi connectivity index (χ3n) is 2.32. The number of hydrogen-bond acceptors (Lipinski definition) is 5. The van der Waals surface area contributed by atoms with Crippen molar-refractivity contribution < 1.29 is 8.76 Å². The molecule has 0 aromatic carbocycles. The van der Waals surface area contributed by atoms with Crippen LogP contribution in [0.15, 0.2) is 23.2 Å². The van der Waals surface area contributed by atoms with Crippen molar-refractivity contribution in [2.45, 2.75) is 5.03 Å². The first-order valence-electron chi connectivity index (χ1n) is 4.79. The molecular weight excluding hydrogens is 214 g/mol. The van der Waals surface area contributed by atoms with Crippen molar-refractivity contribution in [1.82, 2.24) is 10.3 Å². The van der Waals surface area contributed by atoms with Crippen molar-refractivity contribution >= 4 is 16.9 Å². The van der Waals surface area contributed by atoms with Gasteiger partial charge < -0.3 is 14.8 Å². The third kappa shape index (κ3) is 2.53. The van der Waals surface area contributed by atoms with Gasteiger partial charge in [0.05, 0.1) is 0 Å². The van der Waals surface area contributed by atoms with Gasteiger partial charge in [-0.2, -0.15) is 0 Å². The van der Waals surface area contributed by atoms with Crippen molar-refractivity contribution in [2.24, 2.45) is 0 Å². The second kappa shape index (κ2) is 4.69. The molecular formula is C9H12N3O2S-. The lowest BCUT2D eigenvalue weighted by molar-refractivity contribution is 0.532. The number of anilines is 1. The Hall–Kier alpha value is -0.980. The van der Waals surface area contributed by atoms with E-state index in [0.717, 1.165) is 32.0 Å². The smallest absolute Gasteiger partial charge is 0.129 e. The van der Waals surface area contributed by atoms with Crippen molar-refractivity contribution in [3.63, 3.8) is 0 Å². The zero-order valence-corrected chi connectivity index (χ0v) is 9.00. The number of hydrogen-bond donors (Lipinski definition) is 1. The Balaban J connectivity index is 2.19. The number of rotatable bonds is 2. The van der Waals surface area contributed by atoms with E-state index >= 15 is 0 Å². The zero-order valence-electron chi connectivity index (χ0n) is 8.18. The van der Waals surface area contributed by atoms with Gasteiger partial charge >= 0.3 is 0 Å². The Morgan fingerprint density at radius 1 is 1.40 bits per heavy atom. The van der Waals surface area contributed by atoms with Gasteiger partial charge in [-0.05, 0) is 23.2 Å². The van der Waals surface area contributed by atoms with Crippen LogP contribution in [0.4, 0.5) is 5.82 Å². The number of nitrogens with zero attached hydrogens (tertiary/aromatic N) is 2. The number of pyridine rings is 1. The monoisotopic (exact) mass is 226 g/mol. The van der Waals surface area contributed by atoms with Crippen molar-refractivity contribution in [3.05, 3.63) is 18.2 Å². The fraction of sp³-hybridized carbons (Fsp3) is 0.444. The summed E-state index contributed by atoms with van der Waals surface area (Å²) >= 11 is -2.25. The summed E-state index contributed by atoms with van der Waals surface area (Å²) in [5, 5.41) is 3.33. The molecule has 15 heavy (non-hydrogen) atoms. The van der Waals surface area contributed by atoms with Gasteiger partial charge in [0, 0.05) is 26.2 Å². The molecule has 2 rings (SSSR count). The van der Waals surface area contributed by atoms with Gasteiger partial charge in [-0.25, -0.2) is 4.98 Å². The summed E-state index contributed by atoms with van der Waals surface area (Å²) in [5.74, 6) is 0.734. The molecule has 1 N–H and O–H groups in total. The highest BCUT2D eigenvalue weighted by atomic mass is 32.2. The fourth-order valence-electron chi connectivity index (χ4n) is 1.57. The van der Waals surface area contributed by atoms with Crippen LogP contribution < -0.4 is 10.2 Å². The van der Waals surface area contributed by atoms with Crippen molar-refractivity contribution in [1.29, 1.82) is 0 Å². The van der Waals surface area contributed by atoms with E-state index in [2.05, 4.69) is 15.2 Å². The lowest BCUT2D eigenvalue weighted by Gasteiger charge is -2.28. The summed E-state index contributed by atoms with van der Waals surface area (Å²) in [6, 6.07) is 5.05. The average molecular weight is 226 g/mol. The standard InChI is InChI=1S/C9H13N3O2S/c13-15(14)9-3-1-2-8(11-9)12-6-4-10-5-7-12/h1-3,10H,4-7H2,(H,13,14)/p-1. The Labute approximate surface area is 90.8 Å². The third-order valence-corrected chi connectivity index (χ3v) is 2.89. The lowest BCUT2D eigenvalue weighted by atomic mass is 10.3.